The molecule has 1 aromatic rings. The Morgan fingerprint density at radius 3 is 2.41 bits per heavy atom. The number of hydrogen-bond acceptors (Lipinski definition) is 1. The molecule has 1 rings (SSSR count). The van der Waals surface area contributed by atoms with Crippen LogP contribution in [0.4, 0.5) is 8.78 Å². The van der Waals surface area contributed by atoms with Crippen LogP contribution in [0.25, 0.3) is 0 Å². The Bertz CT molecular complexity index is 452. The number of halogens is 2. The van der Waals surface area contributed by atoms with Gasteiger partial charge in [0.2, 0.25) is 5.96 Å². The molecule has 0 aliphatic heterocycles. The number of aliphatic imine (C=N–C) groups is 2. The van der Waals surface area contributed by atoms with E-state index < -0.39 is 11.6 Å². The molecule has 0 atom stereocenters. The van der Waals surface area contributed by atoms with E-state index >= 15 is 0 Å². The Hall–Kier alpha value is -2.18. The van der Waals surface area contributed by atoms with Crippen LogP contribution in [0.3, 0.4) is 0 Å². The summed E-state index contributed by atoms with van der Waals surface area (Å²) >= 11 is 0. The molecule has 0 fully saturated rings. The highest BCUT2D eigenvalue weighted by atomic mass is 19.2. The predicted octanol–water partition coefficient (Wildman–Crippen LogP) is 0.0954. The van der Waals surface area contributed by atoms with Crippen LogP contribution in [0.15, 0.2) is 28.2 Å². The number of guanidine groups is 2. The van der Waals surface area contributed by atoms with Crippen molar-refractivity contribution in [1.82, 2.24) is 0 Å². The number of hydrogen-bond donors (Lipinski definition) is 3. The fourth-order valence-electron chi connectivity index (χ4n) is 1.16. The molecule has 0 amide bonds. The van der Waals surface area contributed by atoms with E-state index in [1.807, 2.05) is 0 Å². The van der Waals surface area contributed by atoms with Crippen LogP contribution in [0.5, 0.6) is 0 Å². The van der Waals surface area contributed by atoms with Crippen LogP contribution in [0, 0.1) is 11.6 Å². The molecule has 0 saturated heterocycles. The third-order valence-corrected chi connectivity index (χ3v) is 1.90. The van der Waals surface area contributed by atoms with Gasteiger partial charge in [0.1, 0.15) is 0 Å². The third-order valence-electron chi connectivity index (χ3n) is 1.90. The first-order valence-electron chi connectivity index (χ1n) is 4.82. The summed E-state index contributed by atoms with van der Waals surface area (Å²) in [7, 11) is 0. The molecule has 1 aromatic carbocycles. The van der Waals surface area contributed by atoms with Crippen molar-refractivity contribution in [3.8, 4) is 0 Å². The van der Waals surface area contributed by atoms with Crippen molar-refractivity contribution in [3.05, 3.63) is 35.4 Å². The molecule has 0 aliphatic carbocycles. The van der Waals surface area contributed by atoms with E-state index in [0.29, 0.717) is 12.0 Å². The van der Waals surface area contributed by atoms with Crippen molar-refractivity contribution >= 4 is 11.9 Å². The Kier molecular flexibility index (Phi) is 4.38. The smallest absolute Gasteiger partial charge is 0.218 e. The lowest BCUT2D eigenvalue weighted by atomic mass is 10.1. The second-order valence-electron chi connectivity index (χ2n) is 3.28. The van der Waals surface area contributed by atoms with Crippen molar-refractivity contribution < 1.29 is 8.78 Å². The Morgan fingerprint density at radius 2 is 1.82 bits per heavy atom. The van der Waals surface area contributed by atoms with Crippen LogP contribution in [0.2, 0.25) is 0 Å². The van der Waals surface area contributed by atoms with E-state index in [2.05, 4.69) is 9.98 Å². The zero-order valence-electron chi connectivity index (χ0n) is 9.03. The molecule has 5 nitrogen and oxygen atoms in total. The van der Waals surface area contributed by atoms with Gasteiger partial charge in [-0.15, -0.1) is 0 Å². The Balaban J connectivity index is 2.56. The van der Waals surface area contributed by atoms with Gasteiger partial charge in [-0.3, -0.25) is 4.99 Å². The van der Waals surface area contributed by atoms with E-state index in [1.54, 1.807) is 0 Å². The van der Waals surface area contributed by atoms with Gasteiger partial charge in [0, 0.05) is 6.54 Å². The second kappa shape index (κ2) is 5.78. The Labute approximate surface area is 97.0 Å². The van der Waals surface area contributed by atoms with Gasteiger partial charge in [0.25, 0.3) is 0 Å². The van der Waals surface area contributed by atoms with Gasteiger partial charge in [-0.1, -0.05) is 6.07 Å². The summed E-state index contributed by atoms with van der Waals surface area (Å²) in [4.78, 5) is 7.35. The zero-order valence-corrected chi connectivity index (χ0v) is 9.03. The van der Waals surface area contributed by atoms with E-state index in [4.69, 9.17) is 17.2 Å². The molecular weight excluding hydrogens is 228 g/mol. The number of nitrogens with two attached hydrogens (primary N) is 3. The van der Waals surface area contributed by atoms with Gasteiger partial charge in [-0.05, 0) is 24.1 Å². The second-order valence-corrected chi connectivity index (χ2v) is 3.28. The van der Waals surface area contributed by atoms with Crippen LogP contribution < -0.4 is 17.2 Å². The summed E-state index contributed by atoms with van der Waals surface area (Å²) in [5.41, 5.74) is 16.2. The minimum absolute atomic E-state index is 0.0485. The highest BCUT2D eigenvalue weighted by Crippen LogP contribution is 2.09. The van der Waals surface area contributed by atoms with Crippen molar-refractivity contribution in [2.45, 2.75) is 6.42 Å². The standard InChI is InChI=1S/C10H13F2N5/c11-7-2-1-6(5-8(7)12)3-4-16-10(15)17-9(13)14/h1-2,5H,3-4H2,(H6,13,14,15,16,17). The van der Waals surface area contributed by atoms with Gasteiger partial charge in [-0.2, -0.15) is 4.99 Å². The summed E-state index contributed by atoms with van der Waals surface area (Å²) in [6.45, 7) is 0.285. The van der Waals surface area contributed by atoms with Gasteiger partial charge in [0.15, 0.2) is 17.6 Å². The molecule has 0 aliphatic rings. The average molecular weight is 241 g/mol. The topological polar surface area (TPSA) is 103 Å². The normalized spacial score (nSPS) is 11.3. The SMILES string of the molecule is NC(N)=NC(N)=NCCc1ccc(F)c(F)c1. The van der Waals surface area contributed by atoms with Crippen LogP contribution in [0.1, 0.15) is 5.56 Å². The number of nitrogens with zero attached hydrogens (tertiary/aromatic N) is 2. The lowest BCUT2D eigenvalue weighted by Gasteiger charge is -2.00. The maximum atomic E-state index is 12.8. The largest absolute Gasteiger partial charge is 0.370 e. The molecule has 0 bridgehead atoms. The molecule has 0 heterocycles. The molecular formula is C10H13F2N5. The maximum absolute atomic E-state index is 12.8. The van der Waals surface area contributed by atoms with E-state index in [9.17, 15) is 8.78 Å². The van der Waals surface area contributed by atoms with E-state index in [1.165, 1.54) is 6.07 Å². The molecule has 17 heavy (non-hydrogen) atoms. The van der Waals surface area contributed by atoms with Gasteiger partial charge in [-0.25, -0.2) is 8.78 Å². The molecule has 6 N–H and O–H groups in total. The third kappa shape index (κ3) is 4.45. The molecule has 0 radical (unpaired) electrons. The van der Waals surface area contributed by atoms with Crippen molar-refractivity contribution in [1.29, 1.82) is 0 Å². The summed E-state index contributed by atoms with van der Waals surface area (Å²) in [6, 6.07) is 3.65. The molecule has 0 saturated carbocycles. The lowest BCUT2D eigenvalue weighted by Crippen LogP contribution is -2.26. The zero-order chi connectivity index (χ0) is 12.8. The quantitative estimate of drug-likeness (QED) is 0.516. The van der Waals surface area contributed by atoms with Crippen LogP contribution in [-0.4, -0.2) is 18.5 Å². The monoisotopic (exact) mass is 241 g/mol. The summed E-state index contributed by atoms with van der Waals surface area (Å²) in [6.07, 6.45) is 0.415. The minimum Gasteiger partial charge on any atom is -0.370 e. The fourth-order valence-corrected chi connectivity index (χ4v) is 1.16. The number of benzene rings is 1. The van der Waals surface area contributed by atoms with Crippen molar-refractivity contribution in [2.75, 3.05) is 6.54 Å². The van der Waals surface area contributed by atoms with Gasteiger partial charge < -0.3 is 17.2 Å². The first-order chi connectivity index (χ1) is 7.99. The first-order valence-corrected chi connectivity index (χ1v) is 4.82. The molecule has 0 aromatic heterocycles. The first kappa shape index (κ1) is 12.9. The minimum atomic E-state index is -0.885. The van der Waals surface area contributed by atoms with Gasteiger partial charge >= 0.3 is 0 Å². The van der Waals surface area contributed by atoms with Crippen LogP contribution in [-0.2, 0) is 6.42 Å². The maximum Gasteiger partial charge on any atom is 0.218 e. The summed E-state index contributed by atoms with van der Waals surface area (Å²) in [5.74, 6) is -1.99. The van der Waals surface area contributed by atoms with Crippen molar-refractivity contribution in [3.63, 3.8) is 0 Å². The fraction of sp³-hybridized carbons (Fsp3) is 0.200. The molecule has 0 unspecified atom stereocenters. The average Bonchev–Trinajstić information content (AvgIpc) is 2.22. The Morgan fingerprint density at radius 1 is 1.12 bits per heavy atom. The predicted molar refractivity (Wildman–Crippen MR) is 62.4 cm³/mol. The molecule has 0 spiro atoms. The highest BCUT2D eigenvalue weighted by Gasteiger charge is 2.01. The molecule has 7 heteroatoms. The molecule has 92 valence electrons. The van der Waals surface area contributed by atoms with Crippen molar-refractivity contribution in [2.24, 2.45) is 27.2 Å². The van der Waals surface area contributed by atoms with E-state index in [0.717, 1.165) is 12.1 Å². The van der Waals surface area contributed by atoms with Gasteiger partial charge in [0.05, 0.1) is 0 Å². The van der Waals surface area contributed by atoms with Crippen LogP contribution >= 0.6 is 0 Å². The summed E-state index contributed by atoms with van der Waals surface area (Å²) < 4.78 is 25.5. The summed E-state index contributed by atoms with van der Waals surface area (Å²) in [5, 5.41) is 0. The highest BCUT2D eigenvalue weighted by molar-refractivity contribution is 5.92. The lowest BCUT2D eigenvalue weighted by molar-refractivity contribution is 0.507. The number of rotatable bonds is 3. The van der Waals surface area contributed by atoms with E-state index in [-0.39, 0.29) is 18.5 Å².